The average Bonchev–Trinajstić information content (AvgIpc) is 2.75. The van der Waals surface area contributed by atoms with Crippen molar-refractivity contribution in [2.45, 2.75) is 6.92 Å². The summed E-state index contributed by atoms with van der Waals surface area (Å²) in [5.74, 6) is 0.0640. The van der Waals surface area contributed by atoms with Gasteiger partial charge in [-0.25, -0.2) is 4.79 Å². The van der Waals surface area contributed by atoms with Crippen molar-refractivity contribution in [1.29, 1.82) is 0 Å². The van der Waals surface area contributed by atoms with Crippen molar-refractivity contribution in [1.82, 2.24) is 10.1 Å². The molecule has 0 aliphatic rings. The molecule has 6 heteroatoms. The summed E-state index contributed by atoms with van der Waals surface area (Å²) in [6.07, 6.45) is 0. The molecule has 1 aromatic heterocycles. The van der Waals surface area contributed by atoms with Gasteiger partial charge in [0.15, 0.2) is 0 Å². The summed E-state index contributed by atoms with van der Waals surface area (Å²) in [5.41, 5.74) is 0.736. The molecule has 0 atom stereocenters. The Hall–Kier alpha value is -2.37. The van der Waals surface area contributed by atoms with E-state index < -0.39 is 5.97 Å². The fourth-order valence-electron chi connectivity index (χ4n) is 1.42. The number of aryl methyl sites for hydroxylation is 1. The first-order valence-electron chi connectivity index (χ1n) is 4.84. The second kappa shape index (κ2) is 4.25. The molecule has 6 nitrogen and oxygen atoms in total. The number of carboxylic acid groups (broad SMARTS) is 1. The number of ether oxygens (including phenoxy) is 1. The van der Waals surface area contributed by atoms with Crippen molar-refractivity contribution in [3.8, 4) is 17.1 Å². The van der Waals surface area contributed by atoms with Crippen molar-refractivity contribution < 1.29 is 19.2 Å². The third kappa shape index (κ3) is 2.10. The molecule has 0 radical (unpaired) electrons. The first-order valence-corrected chi connectivity index (χ1v) is 4.84. The lowest BCUT2D eigenvalue weighted by atomic mass is 10.1. The number of rotatable bonds is 3. The molecule has 1 N–H and O–H groups in total. The molecular formula is C11H10N2O4. The minimum atomic E-state index is -1.04. The molecule has 2 rings (SSSR count). The molecule has 0 fully saturated rings. The van der Waals surface area contributed by atoms with Crippen molar-refractivity contribution in [2.75, 3.05) is 7.11 Å². The van der Waals surface area contributed by atoms with Crippen LogP contribution in [0.3, 0.4) is 0 Å². The number of carboxylic acids is 1. The van der Waals surface area contributed by atoms with E-state index in [1.54, 1.807) is 19.1 Å². The third-order valence-corrected chi connectivity index (χ3v) is 2.22. The van der Waals surface area contributed by atoms with Crippen LogP contribution in [-0.2, 0) is 0 Å². The van der Waals surface area contributed by atoms with Gasteiger partial charge in [0.2, 0.25) is 11.7 Å². The van der Waals surface area contributed by atoms with Crippen LogP contribution in [0.2, 0.25) is 0 Å². The number of nitrogens with zero attached hydrogens (tertiary/aromatic N) is 2. The molecule has 0 amide bonds. The number of carbonyl (C=O) groups is 1. The van der Waals surface area contributed by atoms with Crippen LogP contribution in [0, 0.1) is 6.92 Å². The molecule has 1 heterocycles. The molecule has 0 spiro atoms. The van der Waals surface area contributed by atoms with Gasteiger partial charge in [0.1, 0.15) is 11.3 Å². The van der Waals surface area contributed by atoms with Crippen LogP contribution in [0.4, 0.5) is 0 Å². The molecule has 0 bridgehead atoms. The van der Waals surface area contributed by atoms with Gasteiger partial charge in [-0.05, 0) is 18.2 Å². The Labute approximate surface area is 96.8 Å². The Bertz CT molecular complexity index is 562. The van der Waals surface area contributed by atoms with Gasteiger partial charge < -0.3 is 14.4 Å². The highest BCUT2D eigenvalue weighted by atomic mass is 16.5. The van der Waals surface area contributed by atoms with E-state index >= 15 is 0 Å². The first kappa shape index (κ1) is 11.1. The Kier molecular flexibility index (Phi) is 2.78. The van der Waals surface area contributed by atoms with E-state index in [9.17, 15) is 4.79 Å². The summed E-state index contributed by atoms with van der Waals surface area (Å²) in [4.78, 5) is 15.0. The minimum absolute atomic E-state index is 0.0940. The Morgan fingerprint density at radius 1 is 1.47 bits per heavy atom. The lowest BCUT2D eigenvalue weighted by molar-refractivity contribution is 0.0693. The highest BCUT2D eigenvalue weighted by Gasteiger charge is 2.14. The summed E-state index contributed by atoms with van der Waals surface area (Å²) >= 11 is 0. The van der Waals surface area contributed by atoms with Gasteiger partial charge in [-0.15, -0.1) is 0 Å². The van der Waals surface area contributed by atoms with E-state index in [-0.39, 0.29) is 11.3 Å². The van der Waals surface area contributed by atoms with Gasteiger partial charge >= 0.3 is 5.97 Å². The van der Waals surface area contributed by atoms with Crippen molar-refractivity contribution >= 4 is 5.97 Å². The number of benzene rings is 1. The van der Waals surface area contributed by atoms with Gasteiger partial charge in [-0.3, -0.25) is 0 Å². The van der Waals surface area contributed by atoms with Crippen LogP contribution in [0.1, 0.15) is 16.2 Å². The van der Waals surface area contributed by atoms with Gasteiger partial charge in [0.25, 0.3) is 0 Å². The summed E-state index contributed by atoms with van der Waals surface area (Å²) < 4.78 is 9.86. The van der Waals surface area contributed by atoms with Gasteiger partial charge in [-0.1, -0.05) is 5.16 Å². The summed E-state index contributed by atoms with van der Waals surface area (Å²) in [5, 5.41) is 12.7. The van der Waals surface area contributed by atoms with Gasteiger partial charge in [0, 0.05) is 12.5 Å². The van der Waals surface area contributed by atoms with Crippen LogP contribution in [0.15, 0.2) is 22.7 Å². The number of methoxy groups -OCH3 is 1. The van der Waals surface area contributed by atoms with Crippen molar-refractivity contribution in [3.63, 3.8) is 0 Å². The van der Waals surface area contributed by atoms with E-state index in [2.05, 4.69) is 10.1 Å². The zero-order valence-electron chi connectivity index (χ0n) is 9.30. The molecule has 0 aliphatic carbocycles. The Morgan fingerprint density at radius 2 is 2.24 bits per heavy atom. The molecular weight excluding hydrogens is 224 g/mol. The second-order valence-electron chi connectivity index (χ2n) is 3.36. The van der Waals surface area contributed by atoms with E-state index in [0.717, 1.165) is 0 Å². The van der Waals surface area contributed by atoms with Crippen LogP contribution in [0.25, 0.3) is 11.4 Å². The number of hydrogen-bond acceptors (Lipinski definition) is 5. The predicted molar refractivity (Wildman–Crippen MR) is 58.0 cm³/mol. The lowest BCUT2D eigenvalue weighted by Crippen LogP contribution is -2.00. The molecule has 0 saturated heterocycles. The predicted octanol–water partition coefficient (Wildman–Crippen LogP) is 1.75. The Morgan fingerprint density at radius 3 is 2.76 bits per heavy atom. The maximum absolute atomic E-state index is 10.9. The van der Waals surface area contributed by atoms with Crippen LogP contribution >= 0.6 is 0 Å². The minimum Gasteiger partial charge on any atom is -0.496 e. The van der Waals surface area contributed by atoms with Gasteiger partial charge in [0.05, 0.1) is 7.11 Å². The lowest BCUT2D eigenvalue weighted by Gasteiger charge is -2.05. The summed E-state index contributed by atoms with van der Waals surface area (Å²) in [6.45, 7) is 1.68. The normalized spacial score (nSPS) is 10.2. The number of aromatic nitrogens is 2. The molecule has 0 saturated carbocycles. The Balaban J connectivity index is 2.48. The van der Waals surface area contributed by atoms with Crippen LogP contribution in [-0.4, -0.2) is 28.3 Å². The largest absolute Gasteiger partial charge is 0.496 e. The average molecular weight is 234 g/mol. The molecule has 88 valence electrons. The fourth-order valence-corrected chi connectivity index (χ4v) is 1.42. The molecule has 2 aromatic rings. The van der Waals surface area contributed by atoms with Crippen molar-refractivity contribution in [2.24, 2.45) is 0 Å². The number of aromatic carboxylic acids is 1. The van der Waals surface area contributed by atoms with Crippen LogP contribution in [0.5, 0.6) is 5.75 Å². The maximum atomic E-state index is 10.9. The quantitative estimate of drug-likeness (QED) is 0.870. The maximum Gasteiger partial charge on any atom is 0.339 e. The summed E-state index contributed by atoms with van der Waals surface area (Å²) in [7, 11) is 1.41. The van der Waals surface area contributed by atoms with E-state index in [0.29, 0.717) is 17.3 Å². The number of hydrogen-bond donors (Lipinski definition) is 1. The van der Waals surface area contributed by atoms with Crippen molar-refractivity contribution in [3.05, 3.63) is 29.7 Å². The smallest absolute Gasteiger partial charge is 0.339 e. The topological polar surface area (TPSA) is 85.5 Å². The van der Waals surface area contributed by atoms with E-state index in [1.165, 1.54) is 13.2 Å². The molecule has 0 aliphatic heterocycles. The highest BCUT2D eigenvalue weighted by Crippen LogP contribution is 2.25. The molecule has 0 unspecified atom stereocenters. The second-order valence-corrected chi connectivity index (χ2v) is 3.36. The molecule has 17 heavy (non-hydrogen) atoms. The van der Waals surface area contributed by atoms with E-state index in [4.69, 9.17) is 14.4 Å². The first-order chi connectivity index (χ1) is 8.11. The monoisotopic (exact) mass is 234 g/mol. The van der Waals surface area contributed by atoms with Crippen LogP contribution < -0.4 is 4.74 Å². The summed E-state index contributed by atoms with van der Waals surface area (Å²) in [6, 6.07) is 4.62. The highest BCUT2D eigenvalue weighted by molar-refractivity contribution is 5.91. The zero-order chi connectivity index (χ0) is 12.4. The zero-order valence-corrected chi connectivity index (χ0v) is 9.30. The fraction of sp³-hybridized carbons (Fsp3) is 0.182. The third-order valence-electron chi connectivity index (χ3n) is 2.22. The van der Waals surface area contributed by atoms with E-state index in [1.807, 2.05) is 0 Å². The van der Waals surface area contributed by atoms with Gasteiger partial charge in [-0.2, -0.15) is 4.98 Å². The SMILES string of the molecule is COc1cc(-c2noc(C)n2)ccc1C(=O)O. The molecule has 1 aromatic carbocycles. The standard InChI is InChI=1S/C11H10N2O4/c1-6-12-10(13-17-6)7-3-4-8(11(14)15)9(5-7)16-2/h3-5H,1-2H3,(H,14,15).